The molecule has 0 radical (unpaired) electrons. The molecule has 1 saturated heterocycles. The van der Waals surface area contributed by atoms with Crippen molar-refractivity contribution < 1.29 is 23.1 Å². The summed E-state index contributed by atoms with van der Waals surface area (Å²) in [5.74, 6) is -1.28. The Balaban J connectivity index is 2.22. The summed E-state index contributed by atoms with van der Waals surface area (Å²) in [4.78, 5) is 11.1. The number of carboxylic acid groups (broad SMARTS) is 1. The molecule has 0 amide bonds. The summed E-state index contributed by atoms with van der Waals surface area (Å²) in [6, 6.07) is 0. The Hall–Kier alpha value is -0.620. The van der Waals surface area contributed by atoms with Crippen molar-refractivity contribution in [2.45, 2.75) is 61.5 Å². The zero-order valence-corrected chi connectivity index (χ0v) is 11.6. The van der Waals surface area contributed by atoms with Gasteiger partial charge in [-0.1, -0.05) is 0 Å². The van der Waals surface area contributed by atoms with Crippen molar-refractivity contribution in [3.05, 3.63) is 0 Å². The number of sulfone groups is 1. The highest BCUT2D eigenvalue weighted by Crippen LogP contribution is 2.45. The van der Waals surface area contributed by atoms with E-state index in [0.717, 1.165) is 19.3 Å². The average Bonchev–Trinajstić information content (AvgIpc) is 2.26. The number of hydrogen-bond acceptors (Lipinski definition) is 4. The summed E-state index contributed by atoms with van der Waals surface area (Å²) < 4.78 is 28.8. The minimum atomic E-state index is -3.69. The lowest BCUT2D eigenvalue weighted by molar-refractivity contribution is -0.139. The number of carboxylic acids is 1. The van der Waals surface area contributed by atoms with Crippen molar-refractivity contribution in [3.63, 3.8) is 0 Å². The molecule has 0 aromatic heterocycles. The third-order valence-corrected chi connectivity index (χ3v) is 7.25. The highest BCUT2D eigenvalue weighted by molar-refractivity contribution is 7.94. The number of carbonyl (C=O) groups is 1. The highest BCUT2D eigenvalue weighted by atomic mass is 32.2. The maximum Gasteiger partial charge on any atom is 0.324 e. The predicted octanol–water partition coefficient (Wildman–Crippen LogP) is 1.37. The molecule has 1 saturated carbocycles. The van der Waals surface area contributed by atoms with Gasteiger partial charge in [0.05, 0.1) is 10.9 Å². The van der Waals surface area contributed by atoms with Crippen LogP contribution in [0.3, 0.4) is 0 Å². The third-order valence-electron chi connectivity index (χ3n) is 4.38. The first kappa shape index (κ1) is 13.8. The molecule has 1 spiro atoms. The second kappa shape index (κ2) is 4.20. The number of rotatable bonds is 3. The van der Waals surface area contributed by atoms with Gasteiger partial charge in [-0.25, -0.2) is 8.42 Å². The van der Waals surface area contributed by atoms with Crippen LogP contribution in [0.1, 0.15) is 46.0 Å². The van der Waals surface area contributed by atoms with E-state index in [9.17, 15) is 13.2 Å². The largest absolute Gasteiger partial charge is 0.480 e. The number of ether oxygens (including phenoxy) is 1. The summed E-state index contributed by atoms with van der Waals surface area (Å²) in [6.07, 6.45) is 3.71. The Morgan fingerprint density at radius 2 is 2.00 bits per heavy atom. The molecular weight excluding hydrogens is 256 g/mol. The van der Waals surface area contributed by atoms with Crippen LogP contribution in [0.25, 0.3) is 0 Å². The van der Waals surface area contributed by atoms with Crippen LogP contribution in [-0.2, 0) is 19.4 Å². The molecule has 2 fully saturated rings. The third kappa shape index (κ3) is 1.95. The van der Waals surface area contributed by atoms with Gasteiger partial charge in [-0.2, -0.15) is 0 Å². The molecule has 0 aromatic rings. The normalized spacial score (nSPS) is 27.8. The molecule has 1 unspecified atom stereocenters. The van der Waals surface area contributed by atoms with Gasteiger partial charge in [0.2, 0.25) is 0 Å². The van der Waals surface area contributed by atoms with E-state index in [1.165, 1.54) is 13.8 Å². The molecule has 1 heterocycles. The van der Waals surface area contributed by atoms with Crippen molar-refractivity contribution in [3.8, 4) is 0 Å². The topological polar surface area (TPSA) is 80.7 Å². The fraction of sp³-hybridized carbons (Fsp3) is 0.917. The van der Waals surface area contributed by atoms with Gasteiger partial charge in [-0.15, -0.1) is 0 Å². The Kier molecular flexibility index (Phi) is 3.22. The summed E-state index contributed by atoms with van der Waals surface area (Å²) in [6.45, 7) is 2.96. The van der Waals surface area contributed by atoms with E-state index in [-0.39, 0.29) is 5.60 Å². The summed E-state index contributed by atoms with van der Waals surface area (Å²) >= 11 is 0. The van der Waals surface area contributed by atoms with E-state index in [1.807, 2.05) is 0 Å². The lowest BCUT2D eigenvalue weighted by Gasteiger charge is -2.47. The zero-order valence-electron chi connectivity index (χ0n) is 10.8. The van der Waals surface area contributed by atoms with Crippen LogP contribution in [0.4, 0.5) is 0 Å². The van der Waals surface area contributed by atoms with Crippen molar-refractivity contribution in [2.24, 2.45) is 0 Å². The summed E-state index contributed by atoms with van der Waals surface area (Å²) in [5, 5.41) is 8.51. The van der Waals surface area contributed by atoms with Crippen LogP contribution in [0.15, 0.2) is 0 Å². The Labute approximate surface area is 107 Å². The van der Waals surface area contributed by atoms with Crippen molar-refractivity contribution in [1.82, 2.24) is 0 Å². The van der Waals surface area contributed by atoms with Gasteiger partial charge in [0.25, 0.3) is 0 Å². The standard InChI is InChI=1S/C12H20O5S/c1-11(2,10(13)14)18(15,16)9-4-7-17-12(8-9)5-3-6-12/h9H,3-8H2,1-2H3,(H,13,14). The van der Waals surface area contributed by atoms with E-state index in [0.29, 0.717) is 19.4 Å². The van der Waals surface area contributed by atoms with Crippen molar-refractivity contribution in [1.29, 1.82) is 0 Å². The molecule has 2 aliphatic rings. The second-order valence-electron chi connectivity index (χ2n) is 5.86. The van der Waals surface area contributed by atoms with E-state index in [4.69, 9.17) is 9.84 Å². The minimum absolute atomic E-state index is 0.287. The van der Waals surface area contributed by atoms with Gasteiger partial charge in [-0.05, 0) is 46.0 Å². The van der Waals surface area contributed by atoms with Crippen LogP contribution >= 0.6 is 0 Å². The van der Waals surface area contributed by atoms with E-state index >= 15 is 0 Å². The fourth-order valence-electron chi connectivity index (χ4n) is 2.71. The molecule has 6 heteroatoms. The lowest BCUT2D eigenvalue weighted by Crippen LogP contribution is -2.53. The molecule has 1 aliphatic heterocycles. The second-order valence-corrected chi connectivity index (χ2v) is 8.64. The van der Waals surface area contributed by atoms with Crippen LogP contribution in [0, 0.1) is 0 Å². The molecule has 5 nitrogen and oxygen atoms in total. The molecule has 1 aliphatic carbocycles. The average molecular weight is 276 g/mol. The Morgan fingerprint density at radius 3 is 2.44 bits per heavy atom. The van der Waals surface area contributed by atoms with E-state index < -0.39 is 25.8 Å². The molecule has 104 valence electrons. The van der Waals surface area contributed by atoms with Gasteiger partial charge in [0.15, 0.2) is 14.6 Å². The number of aliphatic carboxylic acids is 1. The molecule has 1 atom stereocenters. The lowest BCUT2D eigenvalue weighted by atomic mass is 9.75. The van der Waals surface area contributed by atoms with Crippen LogP contribution in [0.5, 0.6) is 0 Å². The molecule has 0 bridgehead atoms. The molecule has 2 rings (SSSR count). The van der Waals surface area contributed by atoms with Gasteiger partial charge < -0.3 is 9.84 Å². The summed E-state index contributed by atoms with van der Waals surface area (Å²) in [7, 11) is -3.69. The monoisotopic (exact) mass is 276 g/mol. The van der Waals surface area contributed by atoms with Crippen LogP contribution < -0.4 is 0 Å². The molecule has 1 N–H and O–H groups in total. The molecule has 0 aromatic carbocycles. The smallest absolute Gasteiger partial charge is 0.324 e. The van der Waals surface area contributed by atoms with Crippen molar-refractivity contribution >= 4 is 15.8 Å². The van der Waals surface area contributed by atoms with Crippen molar-refractivity contribution in [2.75, 3.05) is 6.61 Å². The van der Waals surface area contributed by atoms with E-state index in [1.54, 1.807) is 0 Å². The number of hydrogen-bond donors (Lipinski definition) is 1. The van der Waals surface area contributed by atoms with Crippen LogP contribution in [-0.4, -0.2) is 41.7 Å². The van der Waals surface area contributed by atoms with Gasteiger partial charge in [0, 0.05) is 6.61 Å². The quantitative estimate of drug-likeness (QED) is 0.842. The Bertz CT molecular complexity index is 447. The maximum absolute atomic E-state index is 12.4. The SMILES string of the molecule is CC(C)(C(=O)O)S(=O)(=O)C1CCOC2(CCC2)C1. The molecular formula is C12H20O5S. The Morgan fingerprint density at radius 1 is 1.39 bits per heavy atom. The van der Waals surface area contributed by atoms with Gasteiger partial charge >= 0.3 is 5.97 Å². The summed E-state index contributed by atoms with van der Waals surface area (Å²) in [5.41, 5.74) is -0.287. The predicted molar refractivity (Wildman–Crippen MR) is 66.2 cm³/mol. The maximum atomic E-state index is 12.4. The minimum Gasteiger partial charge on any atom is -0.480 e. The van der Waals surface area contributed by atoms with Crippen LogP contribution in [0.2, 0.25) is 0 Å². The highest BCUT2D eigenvalue weighted by Gasteiger charge is 2.52. The van der Waals surface area contributed by atoms with Gasteiger partial charge in [-0.3, -0.25) is 4.79 Å². The van der Waals surface area contributed by atoms with E-state index in [2.05, 4.69) is 0 Å². The molecule has 18 heavy (non-hydrogen) atoms. The van der Waals surface area contributed by atoms with Gasteiger partial charge in [0.1, 0.15) is 0 Å². The zero-order chi connectivity index (χ0) is 13.6. The first-order valence-corrected chi connectivity index (χ1v) is 7.87. The first-order chi connectivity index (χ1) is 8.21. The fourth-order valence-corrected chi connectivity index (χ4v) is 4.71. The first-order valence-electron chi connectivity index (χ1n) is 6.32.